The van der Waals surface area contributed by atoms with Crippen molar-refractivity contribution in [3.8, 4) is 0 Å². The molecule has 1 N–H and O–H groups in total. The number of hydrogen-bond acceptors (Lipinski definition) is 2. The molecule has 0 saturated heterocycles. The molecule has 2 aliphatic rings. The van der Waals surface area contributed by atoms with Gasteiger partial charge in [0.2, 0.25) is 0 Å². The first-order valence-corrected chi connectivity index (χ1v) is 6.87. The maximum Gasteiger partial charge on any atom is 0.142 e. The summed E-state index contributed by atoms with van der Waals surface area (Å²) in [6, 6.07) is 6.29. The lowest BCUT2D eigenvalue weighted by atomic mass is 9.70. The molecule has 0 aromatic heterocycles. The number of aliphatic hydroxyl groups excluding tert-OH is 1. The quantitative estimate of drug-likeness (QED) is 0.799. The fourth-order valence-electron chi connectivity index (χ4n) is 3.21. The summed E-state index contributed by atoms with van der Waals surface area (Å²) in [5, 5.41) is 9.56. The van der Waals surface area contributed by atoms with Gasteiger partial charge in [-0.1, -0.05) is 22.0 Å². The average molecular weight is 295 g/mol. The molecule has 2 atom stereocenters. The second-order valence-corrected chi connectivity index (χ2v) is 6.28. The summed E-state index contributed by atoms with van der Waals surface area (Å²) in [6.45, 7) is 0. The van der Waals surface area contributed by atoms with Crippen LogP contribution in [-0.4, -0.2) is 17.0 Å². The van der Waals surface area contributed by atoms with Gasteiger partial charge in [0.25, 0.3) is 0 Å². The van der Waals surface area contributed by atoms with Crippen molar-refractivity contribution in [2.45, 2.75) is 38.2 Å². The monoisotopic (exact) mass is 294 g/mol. The van der Waals surface area contributed by atoms with E-state index in [9.17, 15) is 9.90 Å². The van der Waals surface area contributed by atoms with Gasteiger partial charge in [-0.05, 0) is 48.9 Å². The van der Waals surface area contributed by atoms with Crippen LogP contribution in [-0.2, 0) is 17.6 Å². The van der Waals surface area contributed by atoms with E-state index in [-0.39, 0.29) is 11.2 Å². The third kappa shape index (κ3) is 1.85. The van der Waals surface area contributed by atoms with Crippen LogP contribution >= 0.6 is 15.9 Å². The van der Waals surface area contributed by atoms with E-state index in [1.807, 2.05) is 6.07 Å². The van der Waals surface area contributed by atoms with Gasteiger partial charge in [0, 0.05) is 16.3 Å². The third-order valence-electron chi connectivity index (χ3n) is 4.19. The van der Waals surface area contributed by atoms with Crippen molar-refractivity contribution in [1.82, 2.24) is 0 Å². The molecular weight excluding hydrogens is 280 g/mol. The number of Topliss-reactive ketones (excluding diaryl/α,β-unsaturated/α-hetero) is 1. The van der Waals surface area contributed by atoms with Gasteiger partial charge in [-0.25, -0.2) is 0 Å². The molecule has 0 radical (unpaired) electrons. The number of carbonyl (C=O) groups excluding carboxylic acids is 1. The molecule has 0 bridgehead atoms. The lowest BCUT2D eigenvalue weighted by Gasteiger charge is -2.33. The summed E-state index contributed by atoms with van der Waals surface area (Å²) in [5.74, 6) is 0.253. The van der Waals surface area contributed by atoms with E-state index >= 15 is 0 Å². The van der Waals surface area contributed by atoms with Gasteiger partial charge in [0.15, 0.2) is 0 Å². The Kier molecular flexibility index (Phi) is 2.64. The average Bonchev–Trinajstić information content (AvgIpc) is 2.63. The Labute approximate surface area is 109 Å². The van der Waals surface area contributed by atoms with Crippen molar-refractivity contribution >= 4 is 21.7 Å². The number of benzene rings is 1. The van der Waals surface area contributed by atoms with Crippen LogP contribution in [0, 0.1) is 5.41 Å². The lowest BCUT2D eigenvalue weighted by Crippen LogP contribution is -2.39. The molecule has 1 saturated carbocycles. The molecule has 0 aliphatic heterocycles. The fraction of sp³-hybridized carbons (Fsp3) is 0.500. The summed E-state index contributed by atoms with van der Waals surface area (Å²) < 4.78 is 1.08. The van der Waals surface area contributed by atoms with Gasteiger partial charge in [0.1, 0.15) is 5.78 Å². The van der Waals surface area contributed by atoms with E-state index in [2.05, 4.69) is 28.1 Å². The first-order valence-electron chi connectivity index (χ1n) is 6.08. The van der Waals surface area contributed by atoms with Gasteiger partial charge >= 0.3 is 0 Å². The maximum atomic E-state index is 12.2. The Bertz CT molecular complexity index is 483. The third-order valence-corrected chi connectivity index (χ3v) is 4.69. The van der Waals surface area contributed by atoms with E-state index in [1.165, 1.54) is 11.1 Å². The van der Waals surface area contributed by atoms with E-state index < -0.39 is 6.10 Å². The fourth-order valence-corrected chi connectivity index (χ4v) is 3.62. The Morgan fingerprint density at radius 3 is 2.82 bits per heavy atom. The molecule has 2 aliphatic carbocycles. The highest BCUT2D eigenvalue weighted by Gasteiger charge is 2.46. The molecule has 2 unspecified atom stereocenters. The Morgan fingerprint density at radius 1 is 1.29 bits per heavy atom. The molecule has 1 fully saturated rings. The van der Waals surface area contributed by atoms with Crippen LogP contribution in [0.4, 0.5) is 0 Å². The van der Waals surface area contributed by atoms with Gasteiger partial charge in [-0.2, -0.15) is 0 Å². The summed E-state index contributed by atoms with van der Waals surface area (Å²) in [7, 11) is 0. The minimum Gasteiger partial charge on any atom is -0.393 e. The van der Waals surface area contributed by atoms with Gasteiger partial charge in [-0.15, -0.1) is 0 Å². The van der Waals surface area contributed by atoms with Crippen LogP contribution < -0.4 is 0 Å². The first-order chi connectivity index (χ1) is 8.09. The zero-order valence-electron chi connectivity index (χ0n) is 9.58. The Balaban J connectivity index is 1.92. The molecule has 3 rings (SSSR count). The Morgan fingerprint density at radius 2 is 2.06 bits per heavy atom. The highest BCUT2D eigenvalue weighted by atomic mass is 79.9. The molecule has 2 nitrogen and oxygen atoms in total. The topological polar surface area (TPSA) is 37.3 Å². The molecule has 0 amide bonds. The normalized spacial score (nSPS) is 31.9. The predicted octanol–water partition coefficient (Wildman–Crippen LogP) is 2.65. The standard InChI is InChI=1S/C14H15BrO2/c15-11-2-1-9-7-14(8-10(9)5-11)4-3-12(16)6-13(14)17/h1-2,5,12,16H,3-4,6-8H2. The summed E-state index contributed by atoms with van der Waals surface area (Å²) in [6.07, 6.45) is 3.24. The summed E-state index contributed by atoms with van der Waals surface area (Å²) >= 11 is 3.48. The number of fused-ring (bicyclic) bond motifs is 1. The highest BCUT2D eigenvalue weighted by molar-refractivity contribution is 9.10. The minimum atomic E-state index is -0.413. The SMILES string of the molecule is O=C1CC(O)CCC12Cc1ccc(Br)cc1C2. The van der Waals surface area contributed by atoms with Crippen molar-refractivity contribution in [2.24, 2.45) is 5.41 Å². The molecule has 90 valence electrons. The summed E-state index contributed by atoms with van der Waals surface area (Å²) in [4.78, 5) is 12.2. The zero-order chi connectivity index (χ0) is 12.0. The molecule has 3 heteroatoms. The van der Waals surface area contributed by atoms with Gasteiger partial charge < -0.3 is 5.11 Å². The smallest absolute Gasteiger partial charge is 0.142 e. The van der Waals surface area contributed by atoms with Crippen LogP contribution in [0.25, 0.3) is 0 Å². The van der Waals surface area contributed by atoms with E-state index in [1.54, 1.807) is 0 Å². The zero-order valence-corrected chi connectivity index (χ0v) is 11.2. The number of aliphatic hydroxyl groups is 1. The number of halogens is 1. The molecule has 0 heterocycles. The molecular formula is C14H15BrO2. The predicted molar refractivity (Wildman–Crippen MR) is 68.8 cm³/mol. The van der Waals surface area contributed by atoms with E-state index in [4.69, 9.17) is 0 Å². The van der Waals surface area contributed by atoms with Crippen LogP contribution in [0.2, 0.25) is 0 Å². The van der Waals surface area contributed by atoms with Crippen LogP contribution in [0.1, 0.15) is 30.4 Å². The second kappa shape index (κ2) is 3.92. The number of carbonyl (C=O) groups is 1. The largest absolute Gasteiger partial charge is 0.393 e. The van der Waals surface area contributed by atoms with Crippen molar-refractivity contribution in [2.75, 3.05) is 0 Å². The molecule has 17 heavy (non-hydrogen) atoms. The minimum absolute atomic E-state index is 0.206. The van der Waals surface area contributed by atoms with Gasteiger partial charge in [-0.3, -0.25) is 4.79 Å². The van der Waals surface area contributed by atoms with Crippen molar-refractivity contribution in [3.63, 3.8) is 0 Å². The number of hydrogen-bond donors (Lipinski definition) is 1. The van der Waals surface area contributed by atoms with Crippen LogP contribution in [0.5, 0.6) is 0 Å². The molecule has 1 aromatic rings. The van der Waals surface area contributed by atoms with E-state index in [0.717, 1.165) is 30.2 Å². The second-order valence-electron chi connectivity index (χ2n) is 5.37. The van der Waals surface area contributed by atoms with Crippen molar-refractivity contribution in [1.29, 1.82) is 0 Å². The lowest BCUT2D eigenvalue weighted by molar-refractivity contribution is -0.134. The Hall–Kier alpha value is -0.670. The number of rotatable bonds is 0. The molecule has 1 aromatic carbocycles. The van der Waals surface area contributed by atoms with Crippen molar-refractivity contribution in [3.05, 3.63) is 33.8 Å². The molecule has 1 spiro atoms. The maximum absolute atomic E-state index is 12.2. The van der Waals surface area contributed by atoms with Crippen LogP contribution in [0.3, 0.4) is 0 Å². The van der Waals surface area contributed by atoms with Crippen molar-refractivity contribution < 1.29 is 9.90 Å². The highest BCUT2D eigenvalue weighted by Crippen LogP contribution is 2.45. The first kappa shape index (κ1) is 11.4. The van der Waals surface area contributed by atoms with Gasteiger partial charge in [0.05, 0.1) is 6.10 Å². The number of ketones is 1. The van der Waals surface area contributed by atoms with E-state index in [0.29, 0.717) is 6.42 Å². The van der Waals surface area contributed by atoms with Crippen LogP contribution in [0.15, 0.2) is 22.7 Å². The summed E-state index contributed by atoms with van der Waals surface area (Å²) in [5.41, 5.74) is 2.39.